The summed E-state index contributed by atoms with van der Waals surface area (Å²) in [6.45, 7) is 10.2. The van der Waals surface area contributed by atoms with Crippen molar-refractivity contribution in [1.29, 1.82) is 0 Å². The van der Waals surface area contributed by atoms with Crippen LogP contribution in [-0.4, -0.2) is 76.5 Å². The van der Waals surface area contributed by atoms with Gasteiger partial charge in [0.2, 0.25) is 11.6 Å². The number of ketones is 2. The maximum Gasteiger partial charge on any atom is 0.255 e. The molecule has 2 aliphatic heterocycles. The van der Waals surface area contributed by atoms with Crippen LogP contribution in [0.3, 0.4) is 0 Å². The van der Waals surface area contributed by atoms with E-state index in [-0.39, 0.29) is 58.3 Å². The van der Waals surface area contributed by atoms with Crippen LogP contribution in [0.25, 0.3) is 0 Å². The first-order chi connectivity index (χ1) is 26.9. The van der Waals surface area contributed by atoms with Crippen LogP contribution in [0.4, 0.5) is 20.4 Å². The summed E-state index contributed by atoms with van der Waals surface area (Å²) in [7, 11) is 0. The quantitative estimate of drug-likeness (QED) is 0.109. The second-order valence-corrected chi connectivity index (χ2v) is 15.4. The molecule has 0 unspecified atom stereocenters. The van der Waals surface area contributed by atoms with E-state index in [0.29, 0.717) is 51.5 Å². The molecule has 298 valence electrons. The van der Waals surface area contributed by atoms with Gasteiger partial charge in [0.15, 0.2) is 16.8 Å². The molecule has 0 bridgehead atoms. The van der Waals surface area contributed by atoms with E-state index in [2.05, 4.69) is 19.9 Å². The molecule has 1 aliphatic carbocycles. The molecule has 11 nitrogen and oxygen atoms in total. The number of benzene rings is 2. The standard InChI is InChI=1S/C23H28FN3O3.C19H21ClFN3O2/c1-15(11-16(2)28)18-5-7-19(8-6-18)30-20-9-10-27(12-20)22-21(24)23(26-14-25-22)29-13-17-3-4-17;1-12(9-13(2)25)14-3-5-15(6-4-14)26-16-7-8-24(10-16)19-17(21)18(20)22-11-23-19/h5-8,14-15,17,20H,3-4,9-13H2,1-2H3;3-6,11-12,16H,7-10H2,1-2H3/t15-,20-;12-,16-/m11/s1. The Labute approximate surface area is 331 Å². The summed E-state index contributed by atoms with van der Waals surface area (Å²) in [4.78, 5) is 42.0. The second kappa shape index (κ2) is 18.8. The lowest BCUT2D eigenvalue weighted by molar-refractivity contribution is -0.118. The number of carbonyl (C=O) groups is 2. The van der Waals surface area contributed by atoms with Gasteiger partial charge in [-0.05, 0) is 79.8 Å². The van der Waals surface area contributed by atoms with E-state index >= 15 is 0 Å². The predicted molar refractivity (Wildman–Crippen MR) is 210 cm³/mol. The Hall–Kier alpha value is -4.91. The van der Waals surface area contributed by atoms with Gasteiger partial charge in [0.25, 0.3) is 5.88 Å². The van der Waals surface area contributed by atoms with Crippen molar-refractivity contribution in [2.45, 2.75) is 90.3 Å². The van der Waals surface area contributed by atoms with Crippen molar-refractivity contribution >= 4 is 34.8 Å². The molecule has 56 heavy (non-hydrogen) atoms. The Balaban J connectivity index is 0.000000192. The summed E-state index contributed by atoms with van der Waals surface area (Å²) in [5, 5.41) is -0.172. The number of hydrogen-bond donors (Lipinski definition) is 0. The molecule has 4 aromatic rings. The van der Waals surface area contributed by atoms with Gasteiger partial charge < -0.3 is 33.6 Å². The molecule has 3 aliphatic rings. The molecule has 0 radical (unpaired) electrons. The summed E-state index contributed by atoms with van der Waals surface area (Å²) >= 11 is 5.73. The third-order valence-corrected chi connectivity index (χ3v) is 10.5. The summed E-state index contributed by atoms with van der Waals surface area (Å²) in [6, 6.07) is 15.7. The molecule has 1 saturated carbocycles. The van der Waals surface area contributed by atoms with E-state index in [1.807, 2.05) is 72.2 Å². The minimum atomic E-state index is -0.598. The van der Waals surface area contributed by atoms with Crippen molar-refractivity contribution in [3.8, 4) is 17.4 Å². The second-order valence-electron chi connectivity index (χ2n) is 15.1. The minimum Gasteiger partial charge on any atom is -0.489 e. The van der Waals surface area contributed by atoms with Crippen molar-refractivity contribution in [1.82, 2.24) is 19.9 Å². The molecule has 2 saturated heterocycles. The van der Waals surface area contributed by atoms with Gasteiger partial charge in [-0.1, -0.05) is 49.7 Å². The van der Waals surface area contributed by atoms with E-state index in [1.54, 1.807) is 13.8 Å². The number of nitrogens with zero attached hydrogens (tertiary/aromatic N) is 6. The fourth-order valence-electron chi connectivity index (χ4n) is 6.97. The topological polar surface area (TPSA) is 120 Å². The number of ether oxygens (including phenoxy) is 3. The van der Waals surface area contributed by atoms with Crippen LogP contribution in [0.1, 0.15) is 89.2 Å². The summed E-state index contributed by atoms with van der Waals surface area (Å²) in [5.41, 5.74) is 2.23. The molecule has 14 heteroatoms. The molecule has 2 aromatic carbocycles. The first-order valence-corrected chi connectivity index (χ1v) is 19.6. The highest BCUT2D eigenvalue weighted by molar-refractivity contribution is 6.29. The molecule has 3 fully saturated rings. The highest BCUT2D eigenvalue weighted by Gasteiger charge is 2.30. The van der Waals surface area contributed by atoms with Crippen LogP contribution < -0.4 is 24.0 Å². The number of hydrogen-bond acceptors (Lipinski definition) is 11. The molecule has 4 atom stereocenters. The highest BCUT2D eigenvalue weighted by Crippen LogP contribution is 2.33. The fraction of sp³-hybridized carbons (Fsp3) is 0.476. The molecular formula is C42H49ClF2N6O5. The third kappa shape index (κ3) is 11.1. The van der Waals surface area contributed by atoms with E-state index in [0.717, 1.165) is 48.3 Å². The van der Waals surface area contributed by atoms with Crippen molar-refractivity contribution in [2.24, 2.45) is 5.92 Å². The smallest absolute Gasteiger partial charge is 0.255 e. The summed E-state index contributed by atoms with van der Waals surface area (Å²) in [6.07, 6.45) is 7.42. The maximum absolute atomic E-state index is 14.8. The number of carbonyl (C=O) groups excluding carboxylic acids is 2. The molecule has 2 aromatic heterocycles. The number of aromatic nitrogens is 4. The lowest BCUT2D eigenvalue weighted by Crippen LogP contribution is -2.26. The predicted octanol–water partition coefficient (Wildman–Crippen LogP) is 8.15. The van der Waals surface area contributed by atoms with Gasteiger partial charge in [0.05, 0.1) is 19.7 Å². The lowest BCUT2D eigenvalue weighted by Gasteiger charge is -2.19. The van der Waals surface area contributed by atoms with Crippen LogP contribution in [0.2, 0.25) is 5.15 Å². The molecule has 0 N–H and O–H groups in total. The fourth-order valence-corrected chi connectivity index (χ4v) is 7.10. The summed E-state index contributed by atoms with van der Waals surface area (Å²) < 4.78 is 46.5. The molecule has 0 amide bonds. The largest absolute Gasteiger partial charge is 0.489 e. The zero-order valence-electron chi connectivity index (χ0n) is 32.3. The lowest BCUT2D eigenvalue weighted by atomic mass is 9.96. The van der Waals surface area contributed by atoms with Gasteiger partial charge >= 0.3 is 0 Å². The number of halogens is 3. The zero-order valence-corrected chi connectivity index (χ0v) is 33.1. The average molecular weight is 791 g/mol. The van der Waals surface area contributed by atoms with Crippen molar-refractivity contribution in [3.05, 3.63) is 89.1 Å². The number of Topliss-reactive ketones (excluding diaryl/α,β-unsaturated/α-hetero) is 2. The van der Waals surface area contributed by atoms with Gasteiger partial charge in [0.1, 0.15) is 47.9 Å². The first-order valence-electron chi connectivity index (χ1n) is 19.2. The first kappa shape index (κ1) is 40.7. The van der Waals surface area contributed by atoms with E-state index in [1.165, 1.54) is 12.7 Å². The molecule has 7 rings (SSSR count). The Bertz CT molecular complexity index is 1950. The summed E-state index contributed by atoms with van der Waals surface area (Å²) in [5.74, 6) is 2.24. The van der Waals surface area contributed by atoms with Gasteiger partial charge in [-0.2, -0.15) is 13.8 Å². The Morgan fingerprint density at radius 1 is 0.714 bits per heavy atom. The number of anilines is 2. The van der Waals surface area contributed by atoms with Crippen molar-refractivity contribution < 1.29 is 32.6 Å². The number of rotatable bonds is 15. The molecule has 4 heterocycles. The van der Waals surface area contributed by atoms with Gasteiger partial charge in [0, 0.05) is 38.8 Å². The monoisotopic (exact) mass is 790 g/mol. The van der Waals surface area contributed by atoms with Gasteiger partial charge in [-0.15, -0.1) is 0 Å². The van der Waals surface area contributed by atoms with Crippen molar-refractivity contribution in [3.63, 3.8) is 0 Å². The van der Waals surface area contributed by atoms with Crippen LogP contribution in [0.5, 0.6) is 17.4 Å². The maximum atomic E-state index is 14.8. The van der Waals surface area contributed by atoms with E-state index < -0.39 is 11.6 Å². The Morgan fingerprint density at radius 3 is 1.64 bits per heavy atom. The molecule has 0 spiro atoms. The van der Waals surface area contributed by atoms with Crippen LogP contribution in [0.15, 0.2) is 61.2 Å². The normalized spacial score (nSPS) is 18.8. The SMILES string of the molecule is CC(=O)C[C@@H](C)c1ccc(O[C@@H]2CCN(c3ncnc(Cl)c3F)C2)cc1.CC(=O)C[C@@H](C)c1ccc(O[C@@H]2CCN(c3ncnc(OCC4CC4)c3F)C2)cc1. The van der Waals surface area contributed by atoms with Crippen molar-refractivity contribution in [2.75, 3.05) is 42.6 Å². The Morgan fingerprint density at radius 2 is 1.18 bits per heavy atom. The van der Waals surface area contributed by atoms with E-state index in [4.69, 9.17) is 25.8 Å². The highest BCUT2D eigenvalue weighted by atomic mass is 35.5. The molecular weight excluding hydrogens is 742 g/mol. The Kier molecular flexibility index (Phi) is 13.7. The van der Waals surface area contributed by atoms with Crippen LogP contribution in [0, 0.1) is 17.6 Å². The van der Waals surface area contributed by atoms with Crippen LogP contribution in [-0.2, 0) is 9.59 Å². The van der Waals surface area contributed by atoms with Crippen LogP contribution >= 0.6 is 11.6 Å². The third-order valence-electron chi connectivity index (χ3n) is 10.2. The zero-order chi connectivity index (χ0) is 39.8. The van der Waals surface area contributed by atoms with E-state index in [9.17, 15) is 18.4 Å². The van der Waals surface area contributed by atoms with Gasteiger partial charge in [-0.3, -0.25) is 0 Å². The minimum absolute atomic E-state index is 0.0338. The average Bonchev–Trinajstić information content (AvgIpc) is 3.70. The van der Waals surface area contributed by atoms with Gasteiger partial charge in [-0.25, -0.2) is 15.0 Å².